The van der Waals surface area contributed by atoms with Gasteiger partial charge < -0.3 is 9.52 Å². The fourth-order valence-electron chi connectivity index (χ4n) is 2.78. The topological polar surface area (TPSA) is 33.4 Å². The van der Waals surface area contributed by atoms with E-state index in [1.807, 2.05) is 45.0 Å². The first-order valence-corrected chi connectivity index (χ1v) is 8.15. The van der Waals surface area contributed by atoms with Crippen molar-refractivity contribution >= 4 is 21.9 Å². The minimum absolute atomic E-state index is 0.0115. The van der Waals surface area contributed by atoms with Gasteiger partial charge in [-0.05, 0) is 30.7 Å². The Bertz CT molecular complexity index is 1050. The molecule has 128 valence electrons. The lowest BCUT2D eigenvalue weighted by molar-refractivity contribution is 0.430. The zero-order chi connectivity index (χ0) is 18.1. The van der Waals surface area contributed by atoms with Crippen LogP contribution in [-0.2, 0) is 0 Å². The number of phenolic OH excluding ortho intramolecular Hbond substituents is 1. The molecule has 1 N–H and O–H groups in total. The Labute approximate surface area is 144 Å². The van der Waals surface area contributed by atoms with Gasteiger partial charge in [0.1, 0.15) is 0 Å². The lowest BCUT2D eigenvalue weighted by atomic mass is 10.0. The third-order valence-corrected chi connectivity index (χ3v) is 4.03. The Hall–Kier alpha value is -2.88. The fraction of sp³-hybridized carbons (Fsp3) is 0.143. The maximum atomic E-state index is 14.8. The number of hydrogen-bond acceptors (Lipinski definition) is 2. The monoisotopic (exact) mass is 340 g/mol. The number of halogens is 2. The summed E-state index contributed by atoms with van der Waals surface area (Å²) in [6.45, 7) is 5.96. The van der Waals surface area contributed by atoms with Crippen LogP contribution in [0.15, 0.2) is 52.9 Å². The quantitative estimate of drug-likeness (QED) is 0.425. The Morgan fingerprint density at radius 1 is 0.760 bits per heavy atom. The highest BCUT2D eigenvalue weighted by molar-refractivity contribution is 6.06. The van der Waals surface area contributed by atoms with Crippen LogP contribution >= 0.6 is 0 Å². The third kappa shape index (κ3) is 2.74. The van der Waals surface area contributed by atoms with Gasteiger partial charge in [0.2, 0.25) is 5.82 Å². The normalized spacial score (nSPS) is 10.8. The molecule has 0 atom stereocenters. The molecule has 0 aliphatic heterocycles. The Balaban J connectivity index is 0.000000880. The highest BCUT2D eigenvalue weighted by Crippen LogP contribution is 2.37. The molecule has 1 aromatic heterocycles. The summed E-state index contributed by atoms with van der Waals surface area (Å²) in [6, 6.07) is 13.6. The van der Waals surface area contributed by atoms with Gasteiger partial charge in [-0.15, -0.1) is 0 Å². The predicted octanol–water partition coefficient (Wildman–Crippen LogP) is 6.57. The zero-order valence-corrected chi connectivity index (χ0v) is 14.2. The first-order chi connectivity index (χ1) is 12.1. The Kier molecular flexibility index (Phi) is 4.45. The first-order valence-electron chi connectivity index (χ1n) is 8.15. The van der Waals surface area contributed by atoms with E-state index < -0.39 is 17.4 Å². The number of rotatable bonds is 1. The number of fused-ring (bicyclic) bond motifs is 3. The van der Waals surface area contributed by atoms with Gasteiger partial charge in [-0.25, -0.2) is 4.39 Å². The van der Waals surface area contributed by atoms with Crippen molar-refractivity contribution in [1.29, 1.82) is 0 Å². The average Bonchev–Trinajstić information content (AvgIpc) is 3.02. The van der Waals surface area contributed by atoms with Crippen LogP contribution in [0.4, 0.5) is 8.78 Å². The van der Waals surface area contributed by atoms with Crippen LogP contribution in [0.1, 0.15) is 19.4 Å². The van der Waals surface area contributed by atoms with Crippen LogP contribution < -0.4 is 0 Å². The van der Waals surface area contributed by atoms with E-state index in [1.54, 1.807) is 12.1 Å². The molecule has 4 heteroatoms. The number of aromatic hydroxyl groups is 1. The van der Waals surface area contributed by atoms with Crippen molar-refractivity contribution < 1.29 is 18.3 Å². The summed E-state index contributed by atoms with van der Waals surface area (Å²) in [7, 11) is 0. The highest BCUT2D eigenvalue weighted by atomic mass is 19.1. The van der Waals surface area contributed by atoms with E-state index >= 15 is 0 Å². The molecule has 0 spiro atoms. The number of furan rings is 1. The summed E-state index contributed by atoms with van der Waals surface area (Å²) in [6.07, 6.45) is 0. The molecule has 0 amide bonds. The van der Waals surface area contributed by atoms with Crippen LogP contribution in [-0.4, -0.2) is 5.11 Å². The molecule has 0 unspecified atom stereocenters. The van der Waals surface area contributed by atoms with Crippen molar-refractivity contribution in [3.8, 4) is 16.9 Å². The lowest BCUT2D eigenvalue weighted by Crippen LogP contribution is -1.85. The van der Waals surface area contributed by atoms with E-state index in [-0.39, 0.29) is 11.2 Å². The number of hydrogen-bond donors (Lipinski definition) is 1. The van der Waals surface area contributed by atoms with Gasteiger partial charge in [0.25, 0.3) is 0 Å². The van der Waals surface area contributed by atoms with Gasteiger partial charge >= 0.3 is 0 Å². The van der Waals surface area contributed by atoms with Crippen LogP contribution in [0.2, 0.25) is 0 Å². The molecular weight excluding hydrogens is 322 g/mol. The van der Waals surface area contributed by atoms with Gasteiger partial charge in [-0.1, -0.05) is 49.7 Å². The second kappa shape index (κ2) is 6.55. The molecule has 3 aromatic carbocycles. The lowest BCUT2D eigenvalue weighted by Gasteiger charge is -2.04. The Morgan fingerprint density at radius 2 is 1.32 bits per heavy atom. The third-order valence-electron chi connectivity index (χ3n) is 4.03. The smallest absolute Gasteiger partial charge is 0.207 e. The molecule has 0 aliphatic carbocycles. The maximum absolute atomic E-state index is 14.8. The highest BCUT2D eigenvalue weighted by Gasteiger charge is 2.19. The molecular formula is C21H18F2O2. The van der Waals surface area contributed by atoms with Gasteiger partial charge in [-0.3, -0.25) is 0 Å². The van der Waals surface area contributed by atoms with E-state index in [1.165, 1.54) is 12.1 Å². The van der Waals surface area contributed by atoms with Gasteiger partial charge in [0.15, 0.2) is 22.7 Å². The molecule has 1 heterocycles. The van der Waals surface area contributed by atoms with Crippen molar-refractivity contribution in [3.05, 3.63) is 65.7 Å². The second-order valence-electron chi connectivity index (χ2n) is 5.55. The van der Waals surface area contributed by atoms with E-state index in [0.717, 1.165) is 11.1 Å². The fourth-order valence-corrected chi connectivity index (χ4v) is 2.78. The predicted molar refractivity (Wildman–Crippen MR) is 96.8 cm³/mol. The van der Waals surface area contributed by atoms with Crippen molar-refractivity contribution in [2.75, 3.05) is 0 Å². The van der Waals surface area contributed by atoms with Crippen molar-refractivity contribution in [1.82, 2.24) is 0 Å². The van der Waals surface area contributed by atoms with Crippen molar-refractivity contribution in [2.45, 2.75) is 20.8 Å². The summed E-state index contributed by atoms with van der Waals surface area (Å²) < 4.78 is 34.2. The summed E-state index contributed by atoms with van der Waals surface area (Å²) in [5.41, 5.74) is 2.04. The molecule has 0 fully saturated rings. The van der Waals surface area contributed by atoms with E-state index in [0.29, 0.717) is 16.3 Å². The van der Waals surface area contributed by atoms with E-state index in [4.69, 9.17) is 4.42 Å². The zero-order valence-electron chi connectivity index (χ0n) is 14.2. The molecule has 0 saturated heterocycles. The van der Waals surface area contributed by atoms with Gasteiger partial charge in [0, 0.05) is 16.3 Å². The summed E-state index contributed by atoms with van der Waals surface area (Å²) >= 11 is 0. The molecule has 0 aliphatic rings. The average molecular weight is 340 g/mol. The molecule has 2 nitrogen and oxygen atoms in total. The van der Waals surface area contributed by atoms with Crippen LogP contribution in [0.5, 0.6) is 5.75 Å². The minimum atomic E-state index is -0.880. The Morgan fingerprint density at radius 3 is 1.96 bits per heavy atom. The molecule has 25 heavy (non-hydrogen) atoms. The molecule has 4 aromatic rings. The summed E-state index contributed by atoms with van der Waals surface area (Å²) in [5.74, 6) is -1.94. The maximum Gasteiger partial charge on any atom is 0.207 e. The van der Waals surface area contributed by atoms with Crippen molar-refractivity contribution in [2.24, 2.45) is 0 Å². The van der Waals surface area contributed by atoms with E-state index in [9.17, 15) is 13.9 Å². The molecule has 0 radical (unpaired) electrons. The SMILES string of the molecule is CC.Cc1ccc(-c2ccc3c(oc4c(F)c(O)ccc43)c2F)cc1. The van der Waals surface area contributed by atoms with Crippen LogP contribution in [0.25, 0.3) is 33.1 Å². The van der Waals surface area contributed by atoms with E-state index in [2.05, 4.69) is 0 Å². The minimum Gasteiger partial charge on any atom is -0.505 e. The number of benzene rings is 3. The van der Waals surface area contributed by atoms with Crippen molar-refractivity contribution in [3.63, 3.8) is 0 Å². The standard InChI is InChI=1S/C19H12F2O2.C2H6/c1-10-2-4-11(5-3-10)12-6-7-13-14-8-9-15(22)17(21)19(14)23-18(13)16(12)20;1-2/h2-9,22H,1H3;1-2H3. The van der Waals surface area contributed by atoms with Gasteiger partial charge in [0.05, 0.1) is 0 Å². The van der Waals surface area contributed by atoms with Crippen LogP contribution in [0.3, 0.4) is 0 Å². The molecule has 0 bridgehead atoms. The summed E-state index contributed by atoms with van der Waals surface area (Å²) in [5, 5.41) is 10.4. The molecule has 4 rings (SSSR count). The number of aryl methyl sites for hydroxylation is 1. The summed E-state index contributed by atoms with van der Waals surface area (Å²) in [4.78, 5) is 0. The van der Waals surface area contributed by atoms with Gasteiger partial charge in [-0.2, -0.15) is 4.39 Å². The second-order valence-corrected chi connectivity index (χ2v) is 5.55. The van der Waals surface area contributed by atoms with Crippen LogP contribution in [0, 0.1) is 18.6 Å². The largest absolute Gasteiger partial charge is 0.505 e. The number of phenols is 1. The molecule has 0 saturated carbocycles. The first kappa shape index (κ1) is 17.0.